The molecule has 2 aromatic carbocycles. The Bertz CT molecular complexity index is 826. The molecule has 1 heterocycles. The number of hydrogen-bond donors (Lipinski definition) is 1. The highest BCUT2D eigenvalue weighted by Crippen LogP contribution is 2.34. The van der Waals surface area contributed by atoms with E-state index in [9.17, 15) is 4.79 Å². The summed E-state index contributed by atoms with van der Waals surface area (Å²) in [5.74, 6) is -0.0785. The van der Waals surface area contributed by atoms with Gasteiger partial charge in [-0.2, -0.15) is 0 Å². The Morgan fingerprint density at radius 3 is 2.50 bits per heavy atom. The molecule has 1 aromatic heterocycles. The average molecular weight is 309 g/mol. The van der Waals surface area contributed by atoms with E-state index in [2.05, 4.69) is 21.6 Å². The van der Waals surface area contributed by atoms with Gasteiger partial charge in [0.15, 0.2) is 0 Å². The van der Waals surface area contributed by atoms with Crippen LogP contribution in [-0.2, 0) is 4.79 Å². The van der Waals surface area contributed by atoms with E-state index in [0.717, 1.165) is 32.4 Å². The summed E-state index contributed by atoms with van der Waals surface area (Å²) in [4.78, 5) is 11.2. The number of rotatable bonds is 3. The van der Waals surface area contributed by atoms with Crippen LogP contribution in [-0.4, -0.2) is 16.1 Å². The van der Waals surface area contributed by atoms with Crippen molar-refractivity contribution in [1.82, 2.24) is 10.2 Å². The molecule has 0 radical (unpaired) electrons. The fourth-order valence-electron chi connectivity index (χ4n) is 2.29. The molecule has 4 nitrogen and oxygen atoms in total. The van der Waals surface area contributed by atoms with Crippen LogP contribution in [0.1, 0.15) is 11.9 Å². The lowest BCUT2D eigenvalue weighted by Gasteiger charge is -2.09. The van der Waals surface area contributed by atoms with Gasteiger partial charge in [0.05, 0.1) is 0 Å². The molecule has 1 N–H and O–H groups in total. The van der Waals surface area contributed by atoms with Gasteiger partial charge in [0.25, 0.3) is 0 Å². The second kappa shape index (κ2) is 6.07. The summed E-state index contributed by atoms with van der Waals surface area (Å²) in [6.45, 7) is 3.45. The fourth-order valence-corrected chi connectivity index (χ4v) is 3.03. The number of aryl methyl sites for hydroxylation is 1. The van der Waals surface area contributed by atoms with Crippen molar-refractivity contribution in [2.75, 3.05) is 5.32 Å². The van der Waals surface area contributed by atoms with E-state index in [-0.39, 0.29) is 5.91 Å². The average Bonchev–Trinajstić information content (AvgIpc) is 2.93. The van der Waals surface area contributed by atoms with Crippen LogP contribution in [0.2, 0.25) is 0 Å². The Morgan fingerprint density at radius 1 is 1.05 bits per heavy atom. The van der Waals surface area contributed by atoms with Gasteiger partial charge in [-0.3, -0.25) is 4.79 Å². The van der Waals surface area contributed by atoms with Gasteiger partial charge in [-0.25, -0.2) is 0 Å². The highest BCUT2D eigenvalue weighted by molar-refractivity contribution is 7.14. The first-order valence-corrected chi connectivity index (χ1v) is 7.72. The molecule has 0 bridgehead atoms. The monoisotopic (exact) mass is 309 g/mol. The van der Waals surface area contributed by atoms with E-state index in [1.54, 1.807) is 11.3 Å². The number of benzene rings is 2. The third-order valence-electron chi connectivity index (χ3n) is 3.18. The van der Waals surface area contributed by atoms with E-state index >= 15 is 0 Å². The summed E-state index contributed by atoms with van der Waals surface area (Å²) in [7, 11) is 0. The van der Waals surface area contributed by atoms with Crippen LogP contribution in [0.3, 0.4) is 0 Å². The number of amides is 1. The van der Waals surface area contributed by atoms with E-state index in [4.69, 9.17) is 0 Å². The molecule has 0 atom stereocenters. The van der Waals surface area contributed by atoms with Crippen LogP contribution in [0, 0.1) is 6.92 Å². The van der Waals surface area contributed by atoms with Crippen molar-refractivity contribution in [3.05, 3.63) is 53.5 Å². The van der Waals surface area contributed by atoms with Crippen molar-refractivity contribution >= 4 is 22.9 Å². The summed E-state index contributed by atoms with van der Waals surface area (Å²) >= 11 is 1.57. The smallest absolute Gasteiger partial charge is 0.221 e. The van der Waals surface area contributed by atoms with Gasteiger partial charge in [-0.05, 0) is 30.2 Å². The van der Waals surface area contributed by atoms with Crippen LogP contribution in [0.5, 0.6) is 0 Å². The number of carbonyl (C=O) groups excluding carboxylic acids is 1. The second-order valence-corrected chi connectivity index (χ2v) is 6.12. The Balaban J connectivity index is 2.07. The van der Waals surface area contributed by atoms with Crippen LogP contribution in [0.15, 0.2) is 48.5 Å². The van der Waals surface area contributed by atoms with E-state index in [1.807, 2.05) is 49.4 Å². The van der Waals surface area contributed by atoms with Gasteiger partial charge >= 0.3 is 0 Å². The molecule has 0 fully saturated rings. The topological polar surface area (TPSA) is 54.9 Å². The van der Waals surface area contributed by atoms with Crippen LogP contribution >= 0.6 is 11.3 Å². The molecule has 0 saturated heterocycles. The largest absolute Gasteiger partial charge is 0.326 e. The molecule has 0 aliphatic rings. The number of aromatic nitrogens is 2. The lowest BCUT2D eigenvalue weighted by atomic mass is 9.99. The number of carbonyl (C=O) groups is 1. The summed E-state index contributed by atoms with van der Waals surface area (Å²) in [6, 6.07) is 15.9. The molecule has 1 amide bonds. The van der Waals surface area contributed by atoms with Crippen molar-refractivity contribution < 1.29 is 4.79 Å². The normalized spacial score (nSPS) is 10.5. The standard InChI is InChI=1S/C17H15N3OS/c1-11(21)18-14-7-5-6-13(10-14)15-8-3-4-9-16(15)17-20-19-12(2)22-17/h3-10H,1-2H3,(H,18,21). The predicted molar refractivity (Wildman–Crippen MR) is 89.8 cm³/mol. The molecule has 110 valence electrons. The Labute approximate surface area is 132 Å². The highest BCUT2D eigenvalue weighted by Gasteiger charge is 2.11. The van der Waals surface area contributed by atoms with Crippen molar-refractivity contribution in [3.63, 3.8) is 0 Å². The lowest BCUT2D eigenvalue weighted by Crippen LogP contribution is -2.05. The number of hydrogen-bond acceptors (Lipinski definition) is 4. The summed E-state index contributed by atoms with van der Waals surface area (Å²) in [5.41, 5.74) is 3.95. The number of nitrogens with one attached hydrogen (secondary N) is 1. The summed E-state index contributed by atoms with van der Waals surface area (Å²) in [5, 5.41) is 13.0. The minimum Gasteiger partial charge on any atom is -0.326 e. The predicted octanol–water partition coefficient (Wildman–Crippen LogP) is 4.14. The van der Waals surface area contributed by atoms with Gasteiger partial charge in [0.1, 0.15) is 10.0 Å². The Hall–Kier alpha value is -2.53. The maximum atomic E-state index is 11.2. The molecule has 0 spiro atoms. The van der Waals surface area contributed by atoms with Crippen molar-refractivity contribution in [2.24, 2.45) is 0 Å². The first-order chi connectivity index (χ1) is 10.6. The van der Waals surface area contributed by atoms with Gasteiger partial charge in [0.2, 0.25) is 5.91 Å². The molecule has 5 heteroatoms. The van der Waals surface area contributed by atoms with Crippen molar-refractivity contribution in [1.29, 1.82) is 0 Å². The van der Waals surface area contributed by atoms with Gasteiger partial charge in [0, 0.05) is 18.2 Å². The van der Waals surface area contributed by atoms with Crippen molar-refractivity contribution in [3.8, 4) is 21.7 Å². The van der Waals surface area contributed by atoms with Gasteiger partial charge < -0.3 is 5.32 Å². The van der Waals surface area contributed by atoms with Crippen LogP contribution < -0.4 is 5.32 Å². The molecule has 0 aliphatic heterocycles. The van der Waals surface area contributed by atoms with Crippen LogP contribution in [0.4, 0.5) is 5.69 Å². The number of nitrogens with zero attached hydrogens (tertiary/aromatic N) is 2. The number of anilines is 1. The zero-order chi connectivity index (χ0) is 15.5. The minimum absolute atomic E-state index is 0.0785. The van der Waals surface area contributed by atoms with Crippen molar-refractivity contribution in [2.45, 2.75) is 13.8 Å². The van der Waals surface area contributed by atoms with Gasteiger partial charge in [-0.15, -0.1) is 10.2 Å². The Kier molecular flexibility index (Phi) is 3.98. The van der Waals surface area contributed by atoms with Crippen LogP contribution in [0.25, 0.3) is 21.7 Å². The van der Waals surface area contributed by atoms with E-state index in [1.165, 1.54) is 6.92 Å². The maximum absolute atomic E-state index is 11.2. The molecule has 3 rings (SSSR count). The molecule has 0 unspecified atom stereocenters. The molecular weight excluding hydrogens is 294 g/mol. The minimum atomic E-state index is -0.0785. The molecule has 22 heavy (non-hydrogen) atoms. The third-order valence-corrected chi connectivity index (χ3v) is 4.05. The lowest BCUT2D eigenvalue weighted by molar-refractivity contribution is -0.114. The quantitative estimate of drug-likeness (QED) is 0.791. The summed E-state index contributed by atoms with van der Waals surface area (Å²) in [6.07, 6.45) is 0. The zero-order valence-corrected chi connectivity index (χ0v) is 13.1. The first-order valence-electron chi connectivity index (χ1n) is 6.91. The zero-order valence-electron chi connectivity index (χ0n) is 12.3. The maximum Gasteiger partial charge on any atom is 0.221 e. The second-order valence-electron chi connectivity index (χ2n) is 4.93. The molecule has 0 aliphatic carbocycles. The highest BCUT2D eigenvalue weighted by atomic mass is 32.1. The first kappa shape index (κ1) is 14.4. The third kappa shape index (κ3) is 3.04. The summed E-state index contributed by atoms with van der Waals surface area (Å²) < 4.78 is 0. The fraction of sp³-hybridized carbons (Fsp3) is 0.118. The molecule has 3 aromatic rings. The SMILES string of the molecule is CC(=O)Nc1cccc(-c2ccccc2-c2nnc(C)s2)c1. The van der Waals surface area contributed by atoms with E-state index < -0.39 is 0 Å². The molecular formula is C17H15N3OS. The van der Waals surface area contributed by atoms with E-state index in [0.29, 0.717) is 0 Å². The van der Waals surface area contributed by atoms with Gasteiger partial charge in [-0.1, -0.05) is 47.7 Å². The Morgan fingerprint density at radius 2 is 1.82 bits per heavy atom. The molecule has 0 saturated carbocycles.